The highest BCUT2D eigenvalue weighted by Crippen LogP contribution is 2.29. The minimum atomic E-state index is -1.06. The van der Waals surface area contributed by atoms with Crippen LogP contribution < -0.4 is 16.0 Å². The van der Waals surface area contributed by atoms with Crippen molar-refractivity contribution in [3.8, 4) is 0 Å². The summed E-state index contributed by atoms with van der Waals surface area (Å²) >= 11 is 0. The SMILES string of the molecule is CC(C)(C)OC(=O)N[C@@H](Cc1ccccc1)[C@H](O)CNC(=O)[C@H](CC(=O)NC1CCCCC1)C(C)(C)C. The Kier molecular flexibility index (Phi) is 11.4. The van der Waals surface area contributed by atoms with Crippen LogP contribution in [0.4, 0.5) is 4.79 Å². The number of carbonyl (C=O) groups excluding carboxylic acids is 3. The van der Waals surface area contributed by atoms with Gasteiger partial charge in [-0.2, -0.15) is 0 Å². The largest absolute Gasteiger partial charge is 0.444 e. The molecule has 2 rings (SSSR count). The Labute approximate surface area is 222 Å². The van der Waals surface area contributed by atoms with Crippen LogP contribution >= 0.6 is 0 Å². The minimum Gasteiger partial charge on any atom is -0.444 e. The molecule has 3 amide bonds. The van der Waals surface area contributed by atoms with Gasteiger partial charge in [0.2, 0.25) is 11.8 Å². The number of amides is 3. The van der Waals surface area contributed by atoms with Gasteiger partial charge in [0.15, 0.2) is 0 Å². The fourth-order valence-electron chi connectivity index (χ4n) is 4.59. The average molecular weight is 518 g/mol. The maximum absolute atomic E-state index is 13.2. The number of nitrogens with one attached hydrogen (secondary N) is 3. The second kappa shape index (κ2) is 13.8. The maximum atomic E-state index is 13.2. The number of alkyl carbamates (subject to hydrolysis) is 1. The summed E-state index contributed by atoms with van der Waals surface area (Å²) in [5, 5.41) is 19.7. The molecule has 1 fully saturated rings. The first-order valence-corrected chi connectivity index (χ1v) is 13.5. The second-order valence-electron chi connectivity index (χ2n) is 12.3. The lowest BCUT2D eigenvalue weighted by Crippen LogP contribution is -2.52. The van der Waals surface area contributed by atoms with Crippen LogP contribution in [0.15, 0.2) is 30.3 Å². The molecule has 208 valence electrons. The summed E-state index contributed by atoms with van der Waals surface area (Å²) in [6.45, 7) is 11.0. The summed E-state index contributed by atoms with van der Waals surface area (Å²) < 4.78 is 5.38. The van der Waals surface area contributed by atoms with Gasteiger partial charge in [-0.15, -0.1) is 0 Å². The molecule has 8 nitrogen and oxygen atoms in total. The molecule has 8 heteroatoms. The summed E-state index contributed by atoms with van der Waals surface area (Å²) in [4.78, 5) is 38.4. The van der Waals surface area contributed by atoms with E-state index in [1.807, 2.05) is 51.1 Å². The van der Waals surface area contributed by atoms with Crippen molar-refractivity contribution in [2.75, 3.05) is 6.54 Å². The van der Waals surface area contributed by atoms with Crippen LogP contribution in [0.5, 0.6) is 0 Å². The topological polar surface area (TPSA) is 117 Å². The Balaban J connectivity index is 2.02. The van der Waals surface area contributed by atoms with Gasteiger partial charge in [0, 0.05) is 19.0 Å². The standard InChI is InChI=1S/C29H47N3O5/c1-28(2,3)22(18-25(34)31-21-15-11-8-12-16-21)26(35)30-19-24(33)23(17-20-13-9-7-10-14-20)32-27(36)37-29(4,5)6/h7,9-10,13-14,21-24,33H,8,11-12,15-19H2,1-6H3,(H,30,35)(H,31,34)(H,32,36)/t22-,23-,24+/m0/s1. The molecule has 37 heavy (non-hydrogen) atoms. The zero-order valence-corrected chi connectivity index (χ0v) is 23.4. The molecular formula is C29H47N3O5. The lowest BCUT2D eigenvalue weighted by Gasteiger charge is -2.31. The van der Waals surface area contributed by atoms with Crippen LogP contribution in [0.25, 0.3) is 0 Å². The highest BCUT2D eigenvalue weighted by molar-refractivity contribution is 5.86. The van der Waals surface area contributed by atoms with Crippen molar-refractivity contribution in [3.63, 3.8) is 0 Å². The third-order valence-corrected chi connectivity index (χ3v) is 6.67. The summed E-state index contributed by atoms with van der Waals surface area (Å²) in [5.41, 5.74) is -0.198. The van der Waals surface area contributed by atoms with Crippen LogP contribution in [0.3, 0.4) is 0 Å². The Hall–Kier alpha value is -2.61. The van der Waals surface area contributed by atoms with E-state index in [-0.39, 0.29) is 30.8 Å². The Morgan fingerprint density at radius 1 is 1.00 bits per heavy atom. The number of benzene rings is 1. The van der Waals surface area contributed by atoms with Gasteiger partial charge in [0.1, 0.15) is 5.60 Å². The molecule has 0 bridgehead atoms. The second-order valence-corrected chi connectivity index (χ2v) is 12.3. The van der Waals surface area contributed by atoms with Gasteiger partial charge in [0.05, 0.1) is 18.1 Å². The van der Waals surface area contributed by atoms with Crippen molar-refractivity contribution in [2.45, 2.75) is 110 Å². The van der Waals surface area contributed by atoms with Gasteiger partial charge in [-0.25, -0.2) is 4.79 Å². The molecule has 0 aromatic heterocycles. The summed E-state index contributed by atoms with van der Waals surface area (Å²) in [5.74, 6) is -0.966. The summed E-state index contributed by atoms with van der Waals surface area (Å²) in [6.07, 6.45) is 4.17. The lowest BCUT2D eigenvalue weighted by atomic mass is 9.77. The van der Waals surface area contributed by atoms with Crippen molar-refractivity contribution in [2.24, 2.45) is 11.3 Å². The molecule has 0 spiro atoms. The number of hydrogen-bond donors (Lipinski definition) is 4. The average Bonchev–Trinajstić information content (AvgIpc) is 2.79. The fourth-order valence-corrected chi connectivity index (χ4v) is 4.59. The zero-order chi connectivity index (χ0) is 27.6. The molecule has 0 radical (unpaired) electrons. The number of aliphatic hydroxyl groups excluding tert-OH is 1. The van der Waals surface area contributed by atoms with E-state index in [0.29, 0.717) is 6.42 Å². The van der Waals surface area contributed by atoms with Gasteiger partial charge in [-0.05, 0) is 51.0 Å². The van der Waals surface area contributed by atoms with Crippen LogP contribution in [0.2, 0.25) is 0 Å². The van der Waals surface area contributed by atoms with E-state index in [1.165, 1.54) is 6.42 Å². The van der Waals surface area contributed by atoms with Gasteiger partial charge >= 0.3 is 6.09 Å². The van der Waals surface area contributed by atoms with Crippen LogP contribution in [0, 0.1) is 11.3 Å². The fraction of sp³-hybridized carbons (Fsp3) is 0.690. The van der Waals surface area contributed by atoms with Crippen molar-refractivity contribution >= 4 is 17.9 Å². The van der Waals surface area contributed by atoms with Gasteiger partial charge < -0.3 is 25.8 Å². The third-order valence-electron chi connectivity index (χ3n) is 6.67. The van der Waals surface area contributed by atoms with Crippen molar-refractivity contribution < 1.29 is 24.2 Å². The van der Waals surface area contributed by atoms with E-state index in [1.54, 1.807) is 20.8 Å². The molecule has 0 unspecified atom stereocenters. The Morgan fingerprint density at radius 3 is 2.19 bits per heavy atom. The van der Waals surface area contributed by atoms with Crippen LogP contribution in [-0.4, -0.2) is 53.3 Å². The smallest absolute Gasteiger partial charge is 0.407 e. The minimum absolute atomic E-state index is 0.0665. The molecule has 0 saturated heterocycles. The number of hydrogen-bond acceptors (Lipinski definition) is 5. The predicted octanol–water partition coefficient (Wildman–Crippen LogP) is 4.10. The maximum Gasteiger partial charge on any atom is 0.407 e. The number of rotatable bonds is 10. The predicted molar refractivity (Wildman–Crippen MR) is 145 cm³/mol. The normalized spacial score (nSPS) is 17.3. The third kappa shape index (κ3) is 11.5. The van der Waals surface area contributed by atoms with E-state index in [4.69, 9.17) is 4.74 Å². The van der Waals surface area contributed by atoms with E-state index in [9.17, 15) is 19.5 Å². The monoisotopic (exact) mass is 517 g/mol. The number of carbonyl (C=O) groups is 3. The first-order chi connectivity index (χ1) is 17.2. The molecule has 0 heterocycles. The molecule has 1 aromatic rings. The number of aliphatic hydroxyl groups is 1. The van der Waals surface area contributed by atoms with E-state index < -0.39 is 35.2 Å². The Bertz CT molecular complexity index is 870. The summed E-state index contributed by atoms with van der Waals surface area (Å²) in [7, 11) is 0. The van der Waals surface area contributed by atoms with E-state index >= 15 is 0 Å². The van der Waals surface area contributed by atoms with Crippen LogP contribution in [-0.2, 0) is 20.7 Å². The lowest BCUT2D eigenvalue weighted by molar-refractivity contribution is -0.134. The molecule has 3 atom stereocenters. The first-order valence-electron chi connectivity index (χ1n) is 13.5. The van der Waals surface area contributed by atoms with E-state index in [0.717, 1.165) is 31.2 Å². The van der Waals surface area contributed by atoms with Gasteiger partial charge in [-0.1, -0.05) is 70.4 Å². The first kappa shape index (κ1) is 30.6. The molecule has 1 saturated carbocycles. The van der Waals surface area contributed by atoms with Gasteiger partial charge in [-0.3, -0.25) is 9.59 Å². The van der Waals surface area contributed by atoms with Crippen LogP contribution in [0.1, 0.15) is 85.6 Å². The summed E-state index contributed by atoms with van der Waals surface area (Å²) in [6, 6.07) is 9.00. The zero-order valence-electron chi connectivity index (χ0n) is 23.4. The molecular weight excluding hydrogens is 470 g/mol. The van der Waals surface area contributed by atoms with Gasteiger partial charge in [0.25, 0.3) is 0 Å². The highest BCUT2D eigenvalue weighted by atomic mass is 16.6. The van der Waals surface area contributed by atoms with Crippen molar-refractivity contribution in [1.29, 1.82) is 0 Å². The van der Waals surface area contributed by atoms with Crippen molar-refractivity contribution in [3.05, 3.63) is 35.9 Å². The molecule has 1 aliphatic rings. The Morgan fingerprint density at radius 2 is 1.62 bits per heavy atom. The molecule has 1 aliphatic carbocycles. The molecule has 1 aromatic carbocycles. The van der Waals surface area contributed by atoms with E-state index in [2.05, 4.69) is 16.0 Å². The molecule has 4 N–H and O–H groups in total. The highest BCUT2D eigenvalue weighted by Gasteiger charge is 2.34. The molecule has 0 aliphatic heterocycles. The quantitative estimate of drug-likeness (QED) is 0.373. The van der Waals surface area contributed by atoms with Crippen molar-refractivity contribution in [1.82, 2.24) is 16.0 Å². The number of ether oxygens (including phenoxy) is 1.